The minimum absolute atomic E-state index is 0.0325. The lowest BCUT2D eigenvalue weighted by Crippen LogP contribution is -2.39. The van der Waals surface area contributed by atoms with Crippen LogP contribution >= 0.6 is 0 Å². The lowest BCUT2D eigenvalue weighted by Gasteiger charge is -2.29. The monoisotopic (exact) mass is 231 g/mol. The maximum Gasteiger partial charge on any atom is 0.194 e. The molecule has 0 aromatic heterocycles. The molecule has 2 atom stereocenters. The topological polar surface area (TPSA) is 21.3 Å². The average molecular weight is 231 g/mol. The molecule has 1 aliphatic heterocycles. The third-order valence-electron chi connectivity index (χ3n) is 2.54. The van der Waals surface area contributed by atoms with Crippen molar-refractivity contribution in [2.24, 2.45) is 0 Å². The van der Waals surface area contributed by atoms with Gasteiger partial charge in [0, 0.05) is 13.1 Å². The molecule has 5 heteroatoms. The van der Waals surface area contributed by atoms with E-state index in [9.17, 15) is 13.2 Å². The first kappa shape index (κ1) is 11.4. The lowest BCUT2D eigenvalue weighted by atomic mass is 10.1. The predicted octanol–water partition coefficient (Wildman–Crippen LogP) is 2.15. The zero-order valence-corrected chi connectivity index (χ0v) is 8.77. The molecule has 0 radical (unpaired) electrons. The minimum Gasteiger partial charge on any atom is -0.368 e. The summed E-state index contributed by atoms with van der Waals surface area (Å²) in [6.07, 6.45) is -0.469. The first-order valence-corrected chi connectivity index (χ1v) is 5.08. The van der Waals surface area contributed by atoms with Gasteiger partial charge in [0.15, 0.2) is 17.5 Å². The van der Waals surface area contributed by atoms with Crippen molar-refractivity contribution in [2.75, 3.05) is 13.1 Å². The summed E-state index contributed by atoms with van der Waals surface area (Å²) in [5, 5.41) is 3.07. The molecule has 2 rings (SSSR count). The van der Waals surface area contributed by atoms with Crippen LogP contribution in [0.2, 0.25) is 0 Å². The summed E-state index contributed by atoms with van der Waals surface area (Å²) in [7, 11) is 0. The zero-order chi connectivity index (χ0) is 11.7. The highest BCUT2D eigenvalue weighted by Gasteiger charge is 2.22. The van der Waals surface area contributed by atoms with Crippen molar-refractivity contribution in [2.45, 2.75) is 19.1 Å². The van der Waals surface area contributed by atoms with E-state index in [1.54, 1.807) is 0 Å². The summed E-state index contributed by atoms with van der Waals surface area (Å²) in [6.45, 7) is 3.02. The van der Waals surface area contributed by atoms with Gasteiger partial charge in [-0.3, -0.25) is 0 Å². The molecule has 0 amide bonds. The van der Waals surface area contributed by atoms with Crippen LogP contribution in [-0.2, 0) is 4.74 Å². The SMILES string of the molecule is CC1CNCC(c2cc(F)c(F)c(F)c2)O1. The van der Waals surface area contributed by atoms with Gasteiger partial charge < -0.3 is 10.1 Å². The standard InChI is InChI=1S/C11H12F3NO/c1-6-4-15-5-10(16-6)7-2-8(12)11(14)9(13)3-7/h2-3,6,10,15H,4-5H2,1H3. The van der Waals surface area contributed by atoms with Crippen LogP contribution in [0.5, 0.6) is 0 Å². The molecule has 88 valence electrons. The Morgan fingerprint density at radius 2 is 1.81 bits per heavy atom. The van der Waals surface area contributed by atoms with Crippen molar-refractivity contribution in [1.29, 1.82) is 0 Å². The Morgan fingerprint density at radius 3 is 2.38 bits per heavy atom. The van der Waals surface area contributed by atoms with Crippen LogP contribution in [0.15, 0.2) is 12.1 Å². The van der Waals surface area contributed by atoms with E-state index in [1.807, 2.05) is 6.92 Å². The van der Waals surface area contributed by atoms with E-state index >= 15 is 0 Å². The Hall–Kier alpha value is -1.07. The number of halogens is 3. The Balaban J connectivity index is 2.26. The van der Waals surface area contributed by atoms with Crippen molar-refractivity contribution in [3.8, 4) is 0 Å². The van der Waals surface area contributed by atoms with Gasteiger partial charge in [0.05, 0.1) is 12.2 Å². The smallest absolute Gasteiger partial charge is 0.194 e. The molecule has 2 unspecified atom stereocenters. The van der Waals surface area contributed by atoms with Crippen LogP contribution < -0.4 is 5.32 Å². The lowest BCUT2D eigenvalue weighted by molar-refractivity contribution is -0.0290. The fourth-order valence-corrected chi connectivity index (χ4v) is 1.75. The first-order chi connectivity index (χ1) is 7.58. The third-order valence-corrected chi connectivity index (χ3v) is 2.54. The normalized spacial score (nSPS) is 25.8. The number of benzene rings is 1. The van der Waals surface area contributed by atoms with Crippen LogP contribution in [0.1, 0.15) is 18.6 Å². The molecule has 2 nitrogen and oxygen atoms in total. The van der Waals surface area contributed by atoms with Gasteiger partial charge in [-0.05, 0) is 24.6 Å². The van der Waals surface area contributed by atoms with E-state index in [0.717, 1.165) is 12.1 Å². The summed E-state index contributed by atoms with van der Waals surface area (Å²) < 4.78 is 44.3. The molecular formula is C11H12F3NO. The van der Waals surface area contributed by atoms with Gasteiger partial charge in [0.2, 0.25) is 0 Å². The number of ether oxygens (including phenoxy) is 1. The van der Waals surface area contributed by atoms with E-state index in [0.29, 0.717) is 18.7 Å². The number of hydrogen-bond donors (Lipinski definition) is 1. The molecular weight excluding hydrogens is 219 g/mol. The van der Waals surface area contributed by atoms with Gasteiger partial charge in [-0.15, -0.1) is 0 Å². The van der Waals surface area contributed by atoms with Crippen molar-refractivity contribution in [3.63, 3.8) is 0 Å². The van der Waals surface area contributed by atoms with Gasteiger partial charge in [0.25, 0.3) is 0 Å². The number of rotatable bonds is 1. The molecule has 1 N–H and O–H groups in total. The molecule has 1 heterocycles. The van der Waals surface area contributed by atoms with Crippen LogP contribution in [-0.4, -0.2) is 19.2 Å². The Labute approximate surface area is 91.4 Å². The maximum atomic E-state index is 13.0. The van der Waals surface area contributed by atoms with Gasteiger partial charge >= 0.3 is 0 Å². The van der Waals surface area contributed by atoms with E-state index in [2.05, 4.69) is 5.32 Å². The molecule has 0 bridgehead atoms. The van der Waals surface area contributed by atoms with Crippen LogP contribution in [0.3, 0.4) is 0 Å². The fourth-order valence-electron chi connectivity index (χ4n) is 1.75. The molecule has 0 aliphatic carbocycles. The van der Waals surface area contributed by atoms with Crippen molar-refractivity contribution in [1.82, 2.24) is 5.32 Å². The van der Waals surface area contributed by atoms with E-state index in [-0.39, 0.29) is 6.10 Å². The Morgan fingerprint density at radius 1 is 1.19 bits per heavy atom. The number of nitrogens with one attached hydrogen (secondary N) is 1. The zero-order valence-electron chi connectivity index (χ0n) is 8.77. The molecule has 1 fully saturated rings. The second-order valence-corrected chi connectivity index (χ2v) is 3.89. The third kappa shape index (κ3) is 2.20. The van der Waals surface area contributed by atoms with Crippen molar-refractivity contribution in [3.05, 3.63) is 35.1 Å². The van der Waals surface area contributed by atoms with E-state index in [4.69, 9.17) is 4.74 Å². The second-order valence-electron chi connectivity index (χ2n) is 3.89. The first-order valence-electron chi connectivity index (χ1n) is 5.08. The van der Waals surface area contributed by atoms with Gasteiger partial charge in [-0.2, -0.15) is 0 Å². The molecule has 1 aromatic rings. The Kier molecular flexibility index (Phi) is 3.16. The van der Waals surface area contributed by atoms with Crippen molar-refractivity contribution < 1.29 is 17.9 Å². The number of morpholine rings is 1. The van der Waals surface area contributed by atoms with Crippen LogP contribution in [0, 0.1) is 17.5 Å². The fraction of sp³-hybridized carbons (Fsp3) is 0.455. The van der Waals surface area contributed by atoms with E-state index < -0.39 is 23.6 Å². The second kappa shape index (κ2) is 4.43. The van der Waals surface area contributed by atoms with Crippen molar-refractivity contribution >= 4 is 0 Å². The molecule has 1 aromatic carbocycles. The Bertz CT molecular complexity index is 374. The molecule has 1 saturated heterocycles. The quantitative estimate of drug-likeness (QED) is 0.748. The van der Waals surface area contributed by atoms with Gasteiger partial charge in [0.1, 0.15) is 0 Å². The predicted molar refractivity (Wildman–Crippen MR) is 52.5 cm³/mol. The molecule has 0 spiro atoms. The average Bonchev–Trinajstić information content (AvgIpc) is 2.25. The molecule has 16 heavy (non-hydrogen) atoms. The maximum absolute atomic E-state index is 13.0. The summed E-state index contributed by atoms with van der Waals surface area (Å²) in [6, 6.07) is 1.95. The van der Waals surface area contributed by atoms with Crippen LogP contribution in [0.4, 0.5) is 13.2 Å². The van der Waals surface area contributed by atoms with Gasteiger partial charge in [-0.1, -0.05) is 0 Å². The molecule has 1 aliphatic rings. The largest absolute Gasteiger partial charge is 0.368 e. The highest BCUT2D eigenvalue weighted by atomic mass is 19.2. The summed E-state index contributed by atoms with van der Waals surface area (Å²) in [5.74, 6) is -3.81. The minimum atomic E-state index is -1.44. The summed E-state index contributed by atoms with van der Waals surface area (Å²) >= 11 is 0. The van der Waals surface area contributed by atoms with Gasteiger partial charge in [-0.25, -0.2) is 13.2 Å². The highest BCUT2D eigenvalue weighted by molar-refractivity contribution is 5.22. The highest BCUT2D eigenvalue weighted by Crippen LogP contribution is 2.24. The summed E-state index contributed by atoms with van der Waals surface area (Å²) in [5.41, 5.74) is 0.315. The number of hydrogen-bond acceptors (Lipinski definition) is 2. The molecule has 0 saturated carbocycles. The van der Waals surface area contributed by atoms with Crippen LogP contribution in [0.25, 0.3) is 0 Å². The summed E-state index contributed by atoms with van der Waals surface area (Å²) in [4.78, 5) is 0. The van der Waals surface area contributed by atoms with E-state index in [1.165, 1.54) is 0 Å².